The zero-order chi connectivity index (χ0) is 21.5. The van der Waals surface area contributed by atoms with Gasteiger partial charge in [-0.1, -0.05) is 72.8 Å². The average Bonchev–Trinajstić information content (AvgIpc) is 2.82. The van der Waals surface area contributed by atoms with Crippen LogP contribution < -0.4 is 21.2 Å². The Balaban J connectivity index is -0.000000512. The monoisotopic (exact) mass is 865 g/mol. The van der Waals surface area contributed by atoms with Gasteiger partial charge in [0, 0.05) is 43.6 Å². The van der Waals surface area contributed by atoms with Crippen molar-refractivity contribution in [3.05, 3.63) is 170 Å². The molecule has 0 spiro atoms. The first-order valence-corrected chi connectivity index (χ1v) is 14.1. The van der Waals surface area contributed by atoms with E-state index in [9.17, 15) is 0 Å². The summed E-state index contributed by atoms with van der Waals surface area (Å²) >= 11 is 0. The molecule has 0 amide bonds. The number of benzene rings is 4. The molecule has 4 heteroatoms. The molecular weight excluding hydrogens is 828 g/mol. The predicted octanol–water partition coefficient (Wildman–Crippen LogP) is 7.82. The number of hydrogen-bond donors (Lipinski definition) is 0. The van der Waals surface area contributed by atoms with Gasteiger partial charge < -0.3 is 22.3 Å². The summed E-state index contributed by atoms with van der Waals surface area (Å²) in [5.74, 6) is 0. The van der Waals surface area contributed by atoms with Crippen molar-refractivity contribution in [2.45, 2.75) is 0 Å². The minimum atomic E-state index is -1.65. The first-order chi connectivity index (χ1) is 14.4. The van der Waals surface area contributed by atoms with Crippen LogP contribution >= 0.6 is 14.5 Å². The van der Waals surface area contributed by atoms with Crippen LogP contribution in [0.2, 0.25) is 0 Å². The third-order valence-corrected chi connectivity index (χ3v) is 10.1. The topological polar surface area (TPSA) is 0 Å². The van der Waals surface area contributed by atoms with Crippen molar-refractivity contribution in [3.63, 3.8) is 0 Å². The van der Waals surface area contributed by atoms with Crippen molar-refractivity contribution >= 4 is 35.7 Å². The molecule has 4 aromatic rings. The van der Waals surface area contributed by atoms with Crippen LogP contribution in [0.1, 0.15) is 0 Å². The maximum Gasteiger partial charge on any atom is 3.00 e. The van der Waals surface area contributed by atoms with Gasteiger partial charge in [-0.05, 0) is 48.5 Å². The fourth-order valence-corrected chi connectivity index (χ4v) is 6.72. The van der Waals surface area contributed by atoms with Gasteiger partial charge in [-0.3, -0.25) is 0 Å². The second kappa shape index (κ2) is 18.5. The Morgan fingerprint density at radius 2 is 0.486 bits per heavy atom. The molecule has 0 unspecified atom stereocenters. The summed E-state index contributed by atoms with van der Waals surface area (Å²) in [7, 11) is -3.29. The summed E-state index contributed by atoms with van der Waals surface area (Å²) in [5, 5.41) is 4.99. The van der Waals surface area contributed by atoms with Crippen LogP contribution in [0.3, 0.4) is 0 Å². The number of hydrogen-bond acceptors (Lipinski definition) is 0. The van der Waals surface area contributed by atoms with Gasteiger partial charge in [0.25, 0.3) is 0 Å². The van der Waals surface area contributed by atoms with E-state index in [1.165, 1.54) is 21.2 Å². The Labute approximate surface area is 249 Å². The Morgan fingerprint density at radius 1 is 0.343 bits per heavy atom. The maximum atomic E-state index is 4.31. The predicted molar refractivity (Wildman–Crippen MR) is 159 cm³/mol. The van der Waals surface area contributed by atoms with Crippen LogP contribution in [-0.2, 0) is 44.8 Å². The molecule has 0 heterocycles. The zero-order valence-corrected chi connectivity index (χ0v) is 27.0. The third kappa shape index (κ3) is 10.6. The minimum Gasteiger partial charge on any atom is -0.358 e. The van der Waals surface area contributed by atoms with Gasteiger partial charge in [-0.15, -0.1) is 0 Å². The van der Waals surface area contributed by atoms with E-state index in [1.807, 2.05) is 72.8 Å². The number of rotatable bonds is 4. The molecule has 0 aliphatic carbocycles. The van der Waals surface area contributed by atoms with Gasteiger partial charge in [0.15, 0.2) is 0 Å². The van der Waals surface area contributed by atoms with Crippen molar-refractivity contribution in [3.8, 4) is 0 Å². The molecule has 0 aromatic heterocycles. The summed E-state index contributed by atoms with van der Waals surface area (Å²) in [4.78, 5) is 0. The fraction of sp³-hybridized carbons (Fsp3) is 0. The zero-order valence-electron chi connectivity index (χ0n) is 20.9. The van der Waals surface area contributed by atoms with Gasteiger partial charge in [-0.2, -0.15) is 41.2 Å². The molecule has 0 bridgehead atoms. The van der Waals surface area contributed by atoms with E-state index >= 15 is 0 Å². The van der Waals surface area contributed by atoms with Crippen LogP contribution in [0.4, 0.5) is 0 Å². The Hall–Kier alpha value is -0.779. The van der Waals surface area contributed by atoms with Gasteiger partial charge in [0.2, 0.25) is 0 Å². The summed E-state index contributed by atoms with van der Waals surface area (Å²) in [6.45, 7) is 17.2. The van der Waals surface area contributed by atoms with E-state index in [1.54, 1.807) is 0 Å². The van der Waals surface area contributed by atoms with Crippen LogP contribution in [0.15, 0.2) is 121 Å². The molecule has 0 saturated heterocycles. The second-order valence-electron chi connectivity index (χ2n) is 7.28. The maximum absolute atomic E-state index is 4.31. The summed E-state index contributed by atoms with van der Waals surface area (Å²) in [6, 6.07) is 41.3. The quantitative estimate of drug-likeness (QED) is 0.112. The third-order valence-electron chi connectivity index (χ3n) is 5.00. The molecular formula is C31H37Au2P2-2. The van der Waals surface area contributed by atoms with Crippen LogP contribution in [0, 0.1) is 48.9 Å². The van der Waals surface area contributed by atoms with E-state index in [-0.39, 0.29) is 67.0 Å². The molecule has 0 nitrogen and oxygen atoms in total. The van der Waals surface area contributed by atoms with E-state index in [2.05, 4.69) is 75.2 Å². The summed E-state index contributed by atoms with van der Waals surface area (Å²) in [6.07, 6.45) is 0. The molecule has 0 aliphatic heterocycles. The van der Waals surface area contributed by atoms with Gasteiger partial charge in [-0.25, -0.2) is 0 Å². The molecule has 0 aliphatic rings. The molecule has 0 atom stereocenters. The Morgan fingerprint density at radius 3 is 0.629 bits per heavy atom. The summed E-state index contributed by atoms with van der Waals surface area (Å²) < 4.78 is 0. The van der Waals surface area contributed by atoms with Crippen molar-refractivity contribution < 1.29 is 44.8 Å². The van der Waals surface area contributed by atoms with E-state index in [0.717, 1.165) is 0 Å². The Kier molecular flexibility index (Phi) is 20.4. The largest absolute Gasteiger partial charge is 3.00 e. The van der Waals surface area contributed by atoms with E-state index in [0.29, 0.717) is 0 Å². The van der Waals surface area contributed by atoms with Crippen molar-refractivity contribution in [1.29, 1.82) is 0 Å². The van der Waals surface area contributed by atoms with Gasteiger partial charge >= 0.3 is 22.4 Å². The van der Waals surface area contributed by atoms with E-state index in [4.69, 9.17) is 0 Å². The summed E-state index contributed by atoms with van der Waals surface area (Å²) in [5.41, 5.74) is 0. The van der Waals surface area contributed by atoms with E-state index < -0.39 is 14.5 Å². The van der Waals surface area contributed by atoms with Crippen molar-refractivity contribution in [2.75, 3.05) is 0 Å². The molecule has 0 fully saturated rings. The first-order valence-electron chi connectivity index (χ1n) is 9.80. The van der Waals surface area contributed by atoms with Crippen molar-refractivity contribution in [1.82, 2.24) is 0 Å². The second-order valence-corrected chi connectivity index (χ2v) is 13.2. The Bertz CT molecular complexity index is 851. The van der Waals surface area contributed by atoms with Crippen LogP contribution in [0.25, 0.3) is 0 Å². The SMILES string of the molecule is [Au+3].[Au].[CH2-][P+]([CH2-])(c1ccccc1)c1ccccc1.[CH2-][P+]([CH2-])(c1ccccc1)c1ccccc1.[CH3-].[CH3-].[CH3-]. The first kappa shape index (κ1) is 38.7. The average molecular weight is 866 g/mol. The minimum absolute atomic E-state index is 0. The molecule has 0 N–H and O–H groups in total. The van der Waals surface area contributed by atoms with Crippen molar-refractivity contribution in [2.24, 2.45) is 0 Å². The molecule has 0 saturated carbocycles. The van der Waals surface area contributed by atoms with Gasteiger partial charge in [0.1, 0.15) is 0 Å². The molecule has 195 valence electrons. The fourth-order valence-electron chi connectivity index (χ4n) is 3.15. The molecule has 1 radical (unpaired) electrons. The molecule has 4 aromatic carbocycles. The standard InChI is InChI=1S/2C14H14P.3CH3.2Au/c2*1-15(2,13-9-5-3-6-10-13)14-11-7-4-8-12-14;;;;;/h2*3-12H,1-2H2;3*1H3;;/q5*-1;;+3. The van der Waals surface area contributed by atoms with Crippen LogP contribution in [0.5, 0.6) is 0 Å². The smallest absolute Gasteiger partial charge is 0.358 e. The van der Waals surface area contributed by atoms with Crippen LogP contribution in [-0.4, -0.2) is 0 Å². The normalized spacial score (nSPS) is 9.71. The molecule has 4 rings (SSSR count). The van der Waals surface area contributed by atoms with Gasteiger partial charge in [0.05, 0.1) is 0 Å². The molecule has 35 heavy (non-hydrogen) atoms.